The minimum Gasteiger partial charge on any atom is -0.366 e. The summed E-state index contributed by atoms with van der Waals surface area (Å²) >= 11 is 0. The van der Waals surface area contributed by atoms with Gasteiger partial charge in [0.2, 0.25) is 0 Å². The van der Waals surface area contributed by atoms with Crippen molar-refractivity contribution in [1.82, 2.24) is 9.97 Å². The molecule has 88 valence electrons. The molecule has 0 aliphatic heterocycles. The van der Waals surface area contributed by atoms with Crippen LogP contribution in [0.1, 0.15) is 38.8 Å². The molecule has 1 unspecified atom stereocenters. The van der Waals surface area contributed by atoms with E-state index in [1.165, 1.54) is 19.3 Å². The summed E-state index contributed by atoms with van der Waals surface area (Å²) in [5.74, 6) is 0.854. The van der Waals surface area contributed by atoms with Crippen molar-refractivity contribution in [2.75, 3.05) is 5.32 Å². The van der Waals surface area contributed by atoms with Crippen molar-refractivity contribution in [1.29, 1.82) is 0 Å². The average Bonchev–Trinajstić information content (AvgIpc) is 2.59. The van der Waals surface area contributed by atoms with E-state index in [2.05, 4.69) is 29.1 Å². The lowest BCUT2D eigenvalue weighted by atomic mass is 9.92. The molecule has 1 aromatic heterocycles. The third kappa shape index (κ3) is 2.50. The van der Waals surface area contributed by atoms with Crippen LogP contribution in [0.3, 0.4) is 0 Å². The van der Waals surface area contributed by atoms with Crippen molar-refractivity contribution in [3.05, 3.63) is 18.1 Å². The molecule has 1 aliphatic rings. The minimum absolute atomic E-state index is 0.437. The second-order valence-corrected chi connectivity index (χ2v) is 5.30. The molecule has 1 heterocycles. The summed E-state index contributed by atoms with van der Waals surface area (Å²) in [6.07, 6.45) is 7.05. The molecule has 16 heavy (non-hydrogen) atoms. The van der Waals surface area contributed by atoms with Crippen molar-refractivity contribution in [2.45, 2.75) is 45.7 Å². The van der Waals surface area contributed by atoms with Crippen LogP contribution < -0.4 is 11.1 Å². The number of anilines is 1. The van der Waals surface area contributed by atoms with Crippen LogP contribution in [0.25, 0.3) is 0 Å². The summed E-state index contributed by atoms with van der Waals surface area (Å²) < 4.78 is 0. The molecule has 4 heteroatoms. The summed E-state index contributed by atoms with van der Waals surface area (Å²) in [5.41, 5.74) is 6.94. The quantitative estimate of drug-likeness (QED) is 0.817. The van der Waals surface area contributed by atoms with Crippen LogP contribution in [0.4, 0.5) is 5.82 Å². The Balaban J connectivity index is 2.04. The van der Waals surface area contributed by atoms with Gasteiger partial charge in [0.15, 0.2) is 0 Å². The van der Waals surface area contributed by atoms with E-state index in [1.807, 2.05) is 0 Å². The molecule has 0 amide bonds. The molecule has 4 nitrogen and oxygen atoms in total. The molecule has 0 aromatic carbocycles. The monoisotopic (exact) mass is 220 g/mol. The number of rotatable bonds is 3. The molecule has 0 saturated heterocycles. The van der Waals surface area contributed by atoms with E-state index in [1.54, 1.807) is 12.4 Å². The molecular formula is C12H20N4. The van der Waals surface area contributed by atoms with E-state index in [9.17, 15) is 0 Å². The van der Waals surface area contributed by atoms with Crippen LogP contribution >= 0.6 is 0 Å². The predicted molar refractivity (Wildman–Crippen MR) is 65.0 cm³/mol. The summed E-state index contributed by atoms with van der Waals surface area (Å²) in [6.45, 7) is 5.07. The Bertz CT molecular complexity index is 362. The largest absolute Gasteiger partial charge is 0.366 e. The Hall–Kier alpha value is -1.16. The maximum atomic E-state index is 5.64. The van der Waals surface area contributed by atoms with Gasteiger partial charge in [0, 0.05) is 25.0 Å². The highest BCUT2D eigenvalue weighted by Crippen LogP contribution is 2.38. The maximum absolute atomic E-state index is 5.64. The van der Waals surface area contributed by atoms with Gasteiger partial charge in [-0.15, -0.1) is 0 Å². The Kier molecular flexibility index (Phi) is 3.10. The van der Waals surface area contributed by atoms with Crippen molar-refractivity contribution in [2.24, 2.45) is 11.1 Å². The summed E-state index contributed by atoms with van der Waals surface area (Å²) in [5, 5.41) is 3.46. The van der Waals surface area contributed by atoms with E-state index in [4.69, 9.17) is 5.73 Å². The third-order valence-corrected chi connectivity index (χ3v) is 3.28. The van der Waals surface area contributed by atoms with Crippen molar-refractivity contribution in [3.63, 3.8) is 0 Å². The molecule has 1 aromatic rings. The second-order valence-electron chi connectivity index (χ2n) is 5.30. The van der Waals surface area contributed by atoms with Gasteiger partial charge in [0.05, 0.1) is 5.69 Å². The molecule has 1 fully saturated rings. The van der Waals surface area contributed by atoms with Gasteiger partial charge in [-0.1, -0.05) is 13.8 Å². The van der Waals surface area contributed by atoms with Crippen LogP contribution in [0.2, 0.25) is 0 Å². The Morgan fingerprint density at radius 1 is 1.44 bits per heavy atom. The minimum atomic E-state index is 0.437. The number of hydrogen-bond acceptors (Lipinski definition) is 4. The van der Waals surface area contributed by atoms with Gasteiger partial charge in [-0.05, 0) is 24.7 Å². The number of nitrogens with one attached hydrogen (secondary N) is 1. The highest BCUT2D eigenvalue weighted by atomic mass is 15.0. The number of nitrogens with two attached hydrogens (primary N) is 1. The van der Waals surface area contributed by atoms with Crippen molar-refractivity contribution >= 4 is 5.82 Å². The SMILES string of the molecule is CC1(C)CCC(Nc2nccnc2CN)C1. The van der Waals surface area contributed by atoms with Gasteiger partial charge in [-0.3, -0.25) is 4.98 Å². The lowest BCUT2D eigenvalue weighted by Gasteiger charge is -2.18. The first-order valence-corrected chi connectivity index (χ1v) is 5.87. The Labute approximate surface area is 96.7 Å². The van der Waals surface area contributed by atoms with Gasteiger partial charge in [-0.2, -0.15) is 0 Å². The predicted octanol–water partition coefficient (Wildman–Crippen LogP) is 1.93. The van der Waals surface area contributed by atoms with Crippen molar-refractivity contribution in [3.8, 4) is 0 Å². The van der Waals surface area contributed by atoms with E-state index in [-0.39, 0.29) is 0 Å². The smallest absolute Gasteiger partial charge is 0.149 e. The molecule has 1 saturated carbocycles. The first-order chi connectivity index (χ1) is 7.61. The van der Waals surface area contributed by atoms with Crippen LogP contribution in [-0.4, -0.2) is 16.0 Å². The lowest BCUT2D eigenvalue weighted by molar-refractivity contribution is 0.378. The molecule has 1 atom stereocenters. The van der Waals surface area contributed by atoms with Gasteiger partial charge >= 0.3 is 0 Å². The molecule has 0 spiro atoms. The van der Waals surface area contributed by atoms with Crippen molar-refractivity contribution < 1.29 is 0 Å². The number of nitrogens with zero attached hydrogens (tertiary/aromatic N) is 2. The van der Waals surface area contributed by atoms with Gasteiger partial charge < -0.3 is 11.1 Å². The first kappa shape index (κ1) is 11.3. The fourth-order valence-electron chi connectivity index (χ4n) is 2.39. The van der Waals surface area contributed by atoms with Gasteiger partial charge in [0.25, 0.3) is 0 Å². The van der Waals surface area contributed by atoms with Crippen LogP contribution in [-0.2, 0) is 6.54 Å². The maximum Gasteiger partial charge on any atom is 0.149 e. The van der Waals surface area contributed by atoms with Crippen LogP contribution in [0.15, 0.2) is 12.4 Å². The molecule has 0 radical (unpaired) electrons. The second kappa shape index (κ2) is 4.37. The first-order valence-electron chi connectivity index (χ1n) is 5.87. The standard InChI is InChI=1S/C12H20N4/c1-12(2)4-3-9(7-12)16-11-10(8-13)14-5-6-15-11/h5-6,9H,3-4,7-8,13H2,1-2H3,(H,15,16). The molecular weight excluding hydrogens is 200 g/mol. The number of hydrogen-bond donors (Lipinski definition) is 2. The van der Waals surface area contributed by atoms with Crippen LogP contribution in [0, 0.1) is 5.41 Å². The van der Waals surface area contributed by atoms with E-state index in [0.717, 1.165) is 11.5 Å². The third-order valence-electron chi connectivity index (χ3n) is 3.28. The molecule has 0 bridgehead atoms. The fraction of sp³-hybridized carbons (Fsp3) is 0.667. The highest BCUT2D eigenvalue weighted by Gasteiger charge is 2.31. The summed E-state index contributed by atoms with van der Waals surface area (Å²) in [6, 6.07) is 0.511. The molecule has 3 N–H and O–H groups in total. The lowest BCUT2D eigenvalue weighted by Crippen LogP contribution is -2.20. The summed E-state index contributed by atoms with van der Waals surface area (Å²) in [4.78, 5) is 8.53. The fourth-order valence-corrected chi connectivity index (χ4v) is 2.39. The number of aromatic nitrogens is 2. The van der Waals surface area contributed by atoms with Gasteiger partial charge in [0.1, 0.15) is 5.82 Å². The zero-order valence-electron chi connectivity index (χ0n) is 10.0. The average molecular weight is 220 g/mol. The highest BCUT2D eigenvalue weighted by molar-refractivity contribution is 5.40. The zero-order chi connectivity index (χ0) is 11.6. The van der Waals surface area contributed by atoms with Crippen LogP contribution in [0.5, 0.6) is 0 Å². The van der Waals surface area contributed by atoms with E-state index < -0.39 is 0 Å². The normalized spacial score (nSPS) is 23.3. The summed E-state index contributed by atoms with van der Waals surface area (Å²) in [7, 11) is 0. The molecule has 1 aliphatic carbocycles. The van der Waals surface area contributed by atoms with E-state index >= 15 is 0 Å². The Morgan fingerprint density at radius 3 is 2.81 bits per heavy atom. The van der Waals surface area contributed by atoms with Gasteiger partial charge in [-0.25, -0.2) is 4.98 Å². The Morgan fingerprint density at radius 2 is 2.19 bits per heavy atom. The van der Waals surface area contributed by atoms with E-state index in [0.29, 0.717) is 18.0 Å². The topological polar surface area (TPSA) is 63.8 Å². The zero-order valence-corrected chi connectivity index (χ0v) is 10.0. The molecule has 2 rings (SSSR count).